The molecule has 1 atom stereocenters. The highest BCUT2D eigenvalue weighted by molar-refractivity contribution is 7.10. The van der Waals surface area contributed by atoms with E-state index in [2.05, 4.69) is 45.9 Å². The zero-order chi connectivity index (χ0) is 14.4. The molecule has 0 amide bonds. The van der Waals surface area contributed by atoms with Gasteiger partial charge in [-0.1, -0.05) is 13.0 Å². The third-order valence-corrected chi connectivity index (χ3v) is 3.93. The first kappa shape index (κ1) is 14.6. The number of hydrogen-bond acceptors (Lipinski definition) is 6. The highest BCUT2D eigenvalue weighted by atomic mass is 32.1. The van der Waals surface area contributed by atoms with E-state index in [0.29, 0.717) is 11.6 Å². The molecule has 20 heavy (non-hydrogen) atoms. The summed E-state index contributed by atoms with van der Waals surface area (Å²) < 4.78 is 5.45. The predicted molar refractivity (Wildman–Crippen MR) is 83.7 cm³/mol. The largest absolute Gasteiger partial charge is 0.490 e. The summed E-state index contributed by atoms with van der Waals surface area (Å²) in [7, 11) is 1.64. The topological polar surface area (TPSA) is 59.1 Å². The van der Waals surface area contributed by atoms with Gasteiger partial charge in [0, 0.05) is 11.4 Å². The van der Waals surface area contributed by atoms with Crippen LogP contribution in [0.4, 0.5) is 11.6 Å². The van der Waals surface area contributed by atoms with Crippen LogP contribution in [0.2, 0.25) is 0 Å². The van der Waals surface area contributed by atoms with Crippen molar-refractivity contribution in [2.45, 2.75) is 26.3 Å². The molecule has 2 aromatic rings. The van der Waals surface area contributed by atoms with Crippen molar-refractivity contribution in [3.8, 4) is 5.75 Å². The zero-order valence-corrected chi connectivity index (χ0v) is 12.8. The summed E-state index contributed by atoms with van der Waals surface area (Å²) in [6.45, 7) is 5.07. The van der Waals surface area contributed by atoms with E-state index in [-0.39, 0.29) is 6.04 Å². The van der Waals surface area contributed by atoms with E-state index in [1.807, 2.05) is 6.07 Å². The quantitative estimate of drug-likeness (QED) is 0.817. The van der Waals surface area contributed by atoms with Crippen molar-refractivity contribution in [2.75, 3.05) is 24.3 Å². The number of methoxy groups -OCH3 is 1. The second-order valence-corrected chi connectivity index (χ2v) is 5.39. The molecule has 0 saturated heterocycles. The van der Waals surface area contributed by atoms with E-state index in [0.717, 1.165) is 18.8 Å². The molecule has 2 N–H and O–H groups in total. The molecular weight excluding hydrogens is 272 g/mol. The van der Waals surface area contributed by atoms with E-state index in [9.17, 15) is 0 Å². The van der Waals surface area contributed by atoms with Gasteiger partial charge in [-0.25, -0.2) is 9.97 Å². The molecule has 0 bridgehead atoms. The van der Waals surface area contributed by atoms with E-state index < -0.39 is 0 Å². The van der Waals surface area contributed by atoms with Gasteiger partial charge in [0.05, 0.1) is 13.2 Å². The molecule has 0 radical (unpaired) electrons. The van der Waals surface area contributed by atoms with Crippen LogP contribution in [0.5, 0.6) is 5.75 Å². The lowest BCUT2D eigenvalue weighted by Gasteiger charge is -2.17. The molecule has 0 saturated carbocycles. The lowest BCUT2D eigenvalue weighted by Crippen LogP contribution is -2.11. The number of rotatable bonds is 7. The number of anilines is 2. The maximum Gasteiger partial charge on any atom is 0.204 e. The molecule has 5 nitrogen and oxygen atoms in total. The van der Waals surface area contributed by atoms with Crippen LogP contribution >= 0.6 is 11.3 Å². The lowest BCUT2D eigenvalue weighted by molar-refractivity contribution is 0.414. The van der Waals surface area contributed by atoms with Crippen molar-refractivity contribution in [1.82, 2.24) is 9.97 Å². The van der Waals surface area contributed by atoms with Crippen LogP contribution in [-0.4, -0.2) is 23.6 Å². The third kappa shape index (κ3) is 3.39. The highest BCUT2D eigenvalue weighted by Crippen LogP contribution is 2.32. The molecule has 6 heteroatoms. The van der Waals surface area contributed by atoms with Gasteiger partial charge in [0.2, 0.25) is 5.75 Å². The van der Waals surface area contributed by atoms with Gasteiger partial charge in [0.1, 0.15) is 6.33 Å². The summed E-state index contributed by atoms with van der Waals surface area (Å²) in [6.07, 6.45) is 2.57. The van der Waals surface area contributed by atoms with Crippen molar-refractivity contribution in [3.63, 3.8) is 0 Å². The summed E-state index contributed by atoms with van der Waals surface area (Å²) in [5.74, 6) is 2.09. The zero-order valence-electron chi connectivity index (χ0n) is 12.0. The summed E-state index contributed by atoms with van der Waals surface area (Å²) in [4.78, 5) is 9.78. The number of nitrogens with zero attached hydrogens (tertiary/aromatic N) is 2. The van der Waals surface area contributed by atoms with Crippen molar-refractivity contribution < 1.29 is 4.74 Å². The van der Waals surface area contributed by atoms with Gasteiger partial charge in [0.15, 0.2) is 11.6 Å². The molecule has 2 heterocycles. The van der Waals surface area contributed by atoms with Crippen LogP contribution in [0.25, 0.3) is 0 Å². The van der Waals surface area contributed by atoms with Crippen molar-refractivity contribution in [3.05, 3.63) is 28.7 Å². The van der Waals surface area contributed by atoms with E-state index in [1.54, 1.807) is 24.8 Å². The van der Waals surface area contributed by atoms with E-state index in [4.69, 9.17) is 4.74 Å². The van der Waals surface area contributed by atoms with E-state index >= 15 is 0 Å². The van der Waals surface area contributed by atoms with Gasteiger partial charge in [0.25, 0.3) is 0 Å². The second kappa shape index (κ2) is 7.09. The maximum atomic E-state index is 5.45. The number of thiophene rings is 1. The van der Waals surface area contributed by atoms with Gasteiger partial charge in [-0.15, -0.1) is 11.3 Å². The summed E-state index contributed by atoms with van der Waals surface area (Å²) in [5, 5.41) is 8.69. The Morgan fingerprint density at radius 1 is 1.35 bits per heavy atom. The van der Waals surface area contributed by atoms with Crippen LogP contribution in [0.3, 0.4) is 0 Å². The number of nitrogens with one attached hydrogen (secondary N) is 2. The van der Waals surface area contributed by atoms with Crippen LogP contribution in [0.15, 0.2) is 23.8 Å². The Morgan fingerprint density at radius 3 is 2.80 bits per heavy atom. The fourth-order valence-corrected chi connectivity index (χ4v) is 2.59. The number of aromatic nitrogens is 2. The Bertz CT molecular complexity index is 530. The van der Waals surface area contributed by atoms with Gasteiger partial charge in [-0.3, -0.25) is 0 Å². The second-order valence-electron chi connectivity index (χ2n) is 4.41. The molecule has 108 valence electrons. The monoisotopic (exact) mass is 292 g/mol. The van der Waals surface area contributed by atoms with Gasteiger partial charge >= 0.3 is 0 Å². The molecule has 0 aromatic carbocycles. The fraction of sp³-hybridized carbons (Fsp3) is 0.429. The van der Waals surface area contributed by atoms with Crippen molar-refractivity contribution in [1.29, 1.82) is 0 Å². The SMILES string of the molecule is CCCNc1ncnc(NC(C)c2cccs2)c1OC. The Morgan fingerprint density at radius 2 is 2.15 bits per heavy atom. The third-order valence-electron chi connectivity index (χ3n) is 2.87. The standard InChI is InChI=1S/C14H20N4OS/c1-4-7-15-13-12(19-3)14(17-9-16-13)18-10(2)11-6-5-8-20-11/h5-6,8-10H,4,7H2,1-3H3,(H2,15,16,17,18). The molecule has 2 aromatic heterocycles. The van der Waals surface area contributed by atoms with E-state index in [1.165, 1.54) is 4.88 Å². The molecule has 1 unspecified atom stereocenters. The fourth-order valence-electron chi connectivity index (χ4n) is 1.85. The Kier molecular flexibility index (Phi) is 5.17. The summed E-state index contributed by atoms with van der Waals surface area (Å²) in [5.41, 5.74) is 0. The van der Waals surface area contributed by atoms with Crippen LogP contribution in [0.1, 0.15) is 31.2 Å². The molecule has 0 spiro atoms. The smallest absolute Gasteiger partial charge is 0.204 e. The minimum Gasteiger partial charge on any atom is -0.490 e. The average molecular weight is 292 g/mol. The first-order chi connectivity index (χ1) is 9.76. The molecule has 0 aliphatic rings. The molecule has 0 fully saturated rings. The first-order valence-electron chi connectivity index (χ1n) is 6.69. The Balaban J connectivity index is 2.18. The van der Waals surface area contributed by atoms with Gasteiger partial charge in [-0.05, 0) is 24.8 Å². The maximum absolute atomic E-state index is 5.45. The van der Waals surface area contributed by atoms with Gasteiger partial charge in [-0.2, -0.15) is 0 Å². The van der Waals surface area contributed by atoms with Crippen LogP contribution in [-0.2, 0) is 0 Å². The number of hydrogen-bond donors (Lipinski definition) is 2. The lowest BCUT2D eigenvalue weighted by atomic mass is 10.2. The van der Waals surface area contributed by atoms with Crippen LogP contribution < -0.4 is 15.4 Å². The van der Waals surface area contributed by atoms with Crippen LogP contribution in [0, 0.1) is 0 Å². The minimum atomic E-state index is 0.179. The summed E-state index contributed by atoms with van der Waals surface area (Å²) in [6, 6.07) is 4.33. The Labute approximate surface area is 123 Å². The molecule has 2 rings (SSSR count). The summed E-state index contributed by atoms with van der Waals surface area (Å²) >= 11 is 1.72. The molecular formula is C14H20N4OS. The Hall–Kier alpha value is -1.82. The average Bonchev–Trinajstić information content (AvgIpc) is 2.99. The van der Waals surface area contributed by atoms with Crippen molar-refractivity contribution >= 4 is 23.0 Å². The highest BCUT2D eigenvalue weighted by Gasteiger charge is 2.15. The molecule has 0 aliphatic heterocycles. The number of ether oxygens (including phenoxy) is 1. The first-order valence-corrected chi connectivity index (χ1v) is 7.57. The van der Waals surface area contributed by atoms with Crippen molar-refractivity contribution in [2.24, 2.45) is 0 Å². The predicted octanol–water partition coefficient (Wildman–Crippen LogP) is 3.54. The molecule has 0 aliphatic carbocycles. The minimum absolute atomic E-state index is 0.179. The van der Waals surface area contributed by atoms with Gasteiger partial charge < -0.3 is 15.4 Å². The normalized spacial score (nSPS) is 11.9.